The molecule has 1 aliphatic carbocycles. The summed E-state index contributed by atoms with van der Waals surface area (Å²) in [6.45, 7) is 5.12. The lowest BCUT2D eigenvalue weighted by Crippen LogP contribution is -2.61. The van der Waals surface area contributed by atoms with Gasteiger partial charge in [-0.15, -0.1) is 0 Å². The number of nitrogens with zero attached hydrogens (tertiary/aromatic N) is 1. The molecule has 2 fully saturated rings. The number of amides is 1. The van der Waals surface area contributed by atoms with E-state index in [2.05, 4.69) is 13.8 Å². The van der Waals surface area contributed by atoms with Crippen molar-refractivity contribution in [1.29, 1.82) is 0 Å². The highest BCUT2D eigenvalue weighted by Gasteiger charge is 2.39. The van der Waals surface area contributed by atoms with Crippen LogP contribution in [0.25, 0.3) is 0 Å². The third kappa shape index (κ3) is 2.65. The average Bonchev–Trinajstić information content (AvgIpc) is 2.74. The lowest BCUT2D eigenvalue weighted by molar-refractivity contribution is -0.140. The summed E-state index contributed by atoms with van der Waals surface area (Å²) in [6, 6.07) is 0.128. The van der Waals surface area contributed by atoms with Gasteiger partial charge in [-0.2, -0.15) is 0 Å². The van der Waals surface area contributed by atoms with Crippen LogP contribution in [-0.2, 0) is 4.79 Å². The second kappa shape index (κ2) is 4.97. The first-order chi connectivity index (χ1) is 8.01. The first-order valence-electron chi connectivity index (χ1n) is 7.08. The fourth-order valence-corrected chi connectivity index (χ4v) is 3.33. The summed E-state index contributed by atoms with van der Waals surface area (Å²) in [4.78, 5) is 14.4. The Balaban J connectivity index is 1.97. The molecule has 0 bridgehead atoms. The van der Waals surface area contributed by atoms with E-state index < -0.39 is 0 Å². The molecule has 1 heterocycles. The first-order valence-corrected chi connectivity index (χ1v) is 7.08. The highest BCUT2D eigenvalue weighted by molar-refractivity contribution is 5.77. The van der Waals surface area contributed by atoms with Gasteiger partial charge in [0.05, 0.1) is 5.54 Å². The van der Waals surface area contributed by atoms with E-state index in [4.69, 9.17) is 5.73 Å². The van der Waals surface area contributed by atoms with Crippen molar-refractivity contribution in [3.8, 4) is 0 Å². The molecule has 0 spiro atoms. The summed E-state index contributed by atoms with van der Waals surface area (Å²) in [5.41, 5.74) is 6.00. The Hall–Kier alpha value is -0.570. The van der Waals surface area contributed by atoms with Crippen molar-refractivity contribution in [1.82, 2.24) is 4.90 Å². The van der Waals surface area contributed by atoms with Crippen molar-refractivity contribution < 1.29 is 4.79 Å². The third-order valence-electron chi connectivity index (χ3n) is 4.74. The van der Waals surface area contributed by atoms with Crippen LogP contribution in [0.15, 0.2) is 0 Å². The predicted octanol–water partition coefficient (Wildman–Crippen LogP) is 2.29. The van der Waals surface area contributed by atoms with E-state index in [0.29, 0.717) is 11.8 Å². The molecule has 0 radical (unpaired) electrons. The maximum Gasteiger partial charge on any atom is 0.223 e. The standard InChI is InChI=1S/C14H26N2O/c1-14(2)12(15)8-5-9-16(14)13(17)10-11-6-3-4-7-11/h11-12H,3-10,15H2,1-2H3. The molecule has 1 amide bonds. The molecule has 2 N–H and O–H groups in total. The van der Waals surface area contributed by atoms with Crippen molar-refractivity contribution in [3.63, 3.8) is 0 Å². The molecule has 17 heavy (non-hydrogen) atoms. The summed E-state index contributed by atoms with van der Waals surface area (Å²) in [7, 11) is 0. The van der Waals surface area contributed by atoms with Gasteiger partial charge in [0.25, 0.3) is 0 Å². The quantitative estimate of drug-likeness (QED) is 0.802. The number of nitrogens with two attached hydrogens (primary N) is 1. The Morgan fingerprint density at radius 1 is 1.24 bits per heavy atom. The highest BCUT2D eigenvalue weighted by atomic mass is 16.2. The van der Waals surface area contributed by atoms with E-state index in [9.17, 15) is 4.79 Å². The molecule has 0 aromatic carbocycles. The zero-order valence-corrected chi connectivity index (χ0v) is 11.2. The maximum atomic E-state index is 12.4. The van der Waals surface area contributed by atoms with Gasteiger partial charge in [-0.3, -0.25) is 4.79 Å². The van der Waals surface area contributed by atoms with Crippen molar-refractivity contribution in [2.75, 3.05) is 6.54 Å². The van der Waals surface area contributed by atoms with Gasteiger partial charge in [0.1, 0.15) is 0 Å². The van der Waals surface area contributed by atoms with Crippen molar-refractivity contribution in [2.24, 2.45) is 11.7 Å². The Bertz CT molecular complexity index is 282. The second-order valence-corrected chi connectivity index (χ2v) is 6.30. The fraction of sp³-hybridized carbons (Fsp3) is 0.929. The molecule has 1 unspecified atom stereocenters. The maximum absolute atomic E-state index is 12.4. The zero-order chi connectivity index (χ0) is 12.5. The van der Waals surface area contributed by atoms with Gasteiger partial charge in [0.15, 0.2) is 0 Å². The topological polar surface area (TPSA) is 46.3 Å². The highest BCUT2D eigenvalue weighted by Crippen LogP contribution is 2.32. The number of hydrogen-bond acceptors (Lipinski definition) is 2. The minimum atomic E-state index is -0.159. The largest absolute Gasteiger partial charge is 0.336 e. The van der Waals surface area contributed by atoms with Gasteiger partial charge in [0, 0.05) is 19.0 Å². The van der Waals surface area contributed by atoms with Crippen LogP contribution in [0.4, 0.5) is 0 Å². The molecule has 1 atom stereocenters. The molecular formula is C14H26N2O. The molecule has 2 aliphatic rings. The summed E-state index contributed by atoms with van der Waals surface area (Å²) >= 11 is 0. The van der Waals surface area contributed by atoms with Crippen LogP contribution >= 0.6 is 0 Å². The summed E-state index contributed by atoms with van der Waals surface area (Å²) in [5, 5.41) is 0. The first kappa shape index (κ1) is 12.9. The van der Waals surface area contributed by atoms with E-state index in [0.717, 1.165) is 25.8 Å². The molecule has 0 aromatic heterocycles. The third-order valence-corrected chi connectivity index (χ3v) is 4.74. The lowest BCUT2D eigenvalue weighted by Gasteiger charge is -2.47. The molecule has 0 aromatic rings. The van der Waals surface area contributed by atoms with Crippen LogP contribution in [0.2, 0.25) is 0 Å². The summed E-state index contributed by atoms with van der Waals surface area (Å²) in [5.74, 6) is 0.966. The number of likely N-dealkylation sites (tertiary alicyclic amines) is 1. The van der Waals surface area contributed by atoms with Gasteiger partial charge >= 0.3 is 0 Å². The molecule has 3 heteroatoms. The Morgan fingerprint density at radius 2 is 1.88 bits per heavy atom. The van der Waals surface area contributed by atoms with Gasteiger partial charge in [-0.25, -0.2) is 0 Å². The second-order valence-electron chi connectivity index (χ2n) is 6.30. The van der Waals surface area contributed by atoms with Crippen LogP contribution in [0.5, 0.6) is 0 Å². The fourth-order valence-electron chi connectivity index (χ4n) is 3.33. The van der Waals surface area contributed by atoms with Crippen LogP contribution in [0.3, 0.4) is 0 Å². The number of hydrogen-bond donors (Lipinski definition) is 1. The van der Waals surface area contributed by atoms with Crippen molar-refractivity contribution >= 4 is 5.91 Å². The predicted molar refractivity (Wildman–Crippen MR) is 69.6 cm³/mol. The monoisotopic (exact) mass is 238 g/mol. The van der Waals surface area contributed by atoms with Crippen LogP contribution < -0.4 is 5.73 Å². The number of carbonyl (C=O) groups is 1. The minimum Gasteiger partial charge on any atom is -0.336 e. The molecule has 3 nitrogen and oxygen atoms in total. The summed E-state index contributed by atoms with van der Waals surface area (Å²) < 4.78 is 0. The Labute approximate surface area is 105 Å². The van der Waals surface area contributed by atoms with Crippen molar-refractivity contribution in [2.45, 2.75) is 70.4 Å². The summed E-state index contributed by atoms with van der Waals surface area (Å²) in [6.07, 6.45) is 7.94. The van der Waals surface area contributed by atoms with Gasteiger partial charge in [-0.05, 0) is 45.4 Å². The normalized spacial score (nSPS) is 29.6. The zero-order valence-electron chi connectivity index (χ0n) is 11.2. The van der Waals surface area contributed by atoms with E-state index in [1.807, 2.05) is 4.90 Å². The van der Waals surface area contributed by atoms with Crippen LogP contribution in [-0.4, -0.2) is 28.9 Å². The van der Waals surface area contributed by atoms with E-state index in [-0.39, 0.29) is 11.6 Å². The number of rotatable bonds is 2. The van der Waals surface area contributed by atoms with E-state index >= 15 is 0 Å². The lowest BCUT2D eigenvalue weighted by atomic mass is 9.85. The van der Waals surface area contributed by atoms with E-state index in [1.54, 1.807) is 0 Å². The van der Waals surface area contributed by atoms with E-state index in [1.165, 1.54) is 25.7 Å². The van der Waals surface area contributed by atoms with Crippen LogP contribution in [0, 0.1) is 5.92 Å². The Morgan fingerprint density at radius 3 is 2.53 bits per heavy atom. The van der Waals surface area contributed by atoms with Gasteiger partial charge in [0.2, 0.25) is 5.91 Å². The van der Waals surface area contributed by atoms with Gasteiger partial charge in [-0.1, -0.05) is 12.8 Å². The number of piperidine rings is 1. The smallest absolute Gasteiger partial charge is 0.223 e. The minimum absolute atomic E-state index is 0.128. The molecule has 1 saturated carbocycles. The molecular weight excluding hydrogens is 212 g/mol. The SMILES string of the molecule is CC1(C)C(N)CCCN1C(=O)CC1CCCC1. The molecule has 1 aliphatic heterocycles. The average molecular weight is 238 g/mol. The number of carbonyl (C=O) groups excluding carboxylic acids is 1. The van der Waals surface area contributed by atoms with Gasteiger partial charge < -0.3 is 10.6 Å². The molecule has 1 saturated heterocycles. The molecule has 2 rings (SSSR count). The van der Waals surface area contributed by atoms with Crippen LogP contribution in [0.1, 0.15) is 58.8 Å². The molecule has 98 valence electrons. The Kier molecular flexibility index (Phi) is 3.76. The van der Waals surface area contributed by atoms with Crippen molar-refractivity contribution in [3.05, 3.63) is 0 Å².